The Morgan fingerprint density at radius 1 is 0.429 bits per heavy atom. The van der Waals surface area contributed by atoms with Crippen LogP contribution in [0, 0.1) is 17.2 Å². The van der Waals surface area contributed by atoms with Crippen molar-refractivity contribution in [3.63, 3.8) is 0 Å². The maximum absolute atomic E-state index is 11.4. The second-order valence-corrected chi connectivity index (χ2v) is 18.2. The second kappa shape index (κ2) is 43.7. The average molecular weight is 1090 g/mol. The Balaban J connectivity index is 0.00000270. The third kappa shape index (κ3) is 28.5. The molecule has 8 N–H and O–H groups in total. The van der Waals surface area contributed by atoms with E-state index in [0.29, 0.717) is 89.4 Å². The summed E-state index contributed by atoms with van der Waals surface area (Å²) in [7, 11) is 3.90. The molecule has 0 saturated carbocycles. The molecule has 5 unspecified atom stereocenters. The number of aliphatic hydroxyl groups excluding tert-OH is 8. The van der Waals surface area contributed by atoms with Gasteiger partial charge in [0.05, 0.1) is 170 Å². The Kier molecular flexibility index (Phi) is 39.2. The highest BCUT2D eigenvalue weighted by atomic mass is 16.6. The summed E-state index contributed by atoms with van der Waals surface area (Å²) in [6.07, 6.45) is -1.85. The molecule has 0 spiro atoms. The fourth-order valence-corrected chi connectivity index (χ4v) is 7.80. The lowest BCUT2D eigenvalue weighted by Gasteiger charge is -2.33. The van der Waals surface area contributed by atoms with E-state index in [1.165, 1.54) is 0 Å². The van der Waals surface area contributed by atoms with Crippen LogP contribution in [-0.2, 0) is 48.0 Å². The lowest BCUT2D eigenvalue weighted by Crippen LogP contribution is -2.41. The number of ether oxygens (including phenoxy) is 9. The van der Waals surface area contributed by atoms with Crippen LogP contribution in [0.4, 0.5) is 17.1 Å². The predicted molar refractivity (Wildman–Crippen MR) is 294 cm³/mol. The summed E-state index contributed by atoms with van der Waals surface area (Å²) < 4.78 is 48.8. The quantitative estimate of drug-likeness (QED) is 0.0294. The van der Waals surface area contributed by atoms with E-state index < -0.39 is 30.3 Å². The normalized spacial score (nSPS) is 13.7. The molecule has 5 atom stereocenters. The first-order valence-corrected chi connectivity index (χ1v) is 26.6. The summed E-state index contributed by atoms with van der Waals surface area (Å²) in [6, 6.07) is 25.7. The van der Waals surface area contributed by atoms with Crippen molar-refractivity contribution in [3.05, 3.63) is 89.5 Å². The molecule has 21 nitrogen and oxygen atoms in total. The number of nitrogens with zero attached hydrogens (tertiary/aromatic N) is 4. The molecule has 21 heteroatoms. The van der Waals surface area contributed by atoms with Crippen molar-refractivity contribution in [3.8, 4) is 6.07 Å². The van der Waals surface area contributed by atoms with Crippen LogP contribution in [0.25, 0.3) is 0 Å². The van der Waals surface area contributed by atoms with Crippen LogP contribution in [0.1, 0.15) is 37.0 Å². The molecular weight excluding hydrogens is 1000 g/mol. The van der Waals surface area contributed by atoms with Gasteiger partial charge in [-0.15, -0.1) is 0 Å². The van der Waals surface area contributed by atoms with Gasteiger partial charge in [-0.2, -0.15) is 5.26 Å². The fraction of sp³-hybridized carbons (Fsp3) is 0.661. The summed E-state index contributed by atoms with van der Waals surface area (Å²) in [5.41, 5.74) is 3.26. The number of benzene rings is 3. The number of nitriles is 1. The smallest absolute Gasteiger partial charge is 0.132 e. The highest BCUT2D eigenvalue weighted by molar-refractivity contribution is 5.63. The molecular formula is C56H92N4O17. The van der Waals surface area contributed by atoms with Crippen LogP contribution in [0.15, 0.2) is 72.8 Å². The molecule has 0 fully saturated rings. The highest BCUT2D eigenvalue weighted by Crippen LogP contribution is 2.41. The van der Waals surface area contributed by atoms with Crippen molar-refractivity contribution in [1.29, 1.82) is 5.26 Å². The van der Waals surface area contributed by atoms with Crippen molar-refractivity contribution < 1.29 is 83.5 Å². The molecule has 0 aromatic heterocycles. The summed E-state index contributed by atoms with van der Waals surface area (Å²) >= 11 is 0. The van der Waals surface area contributed by atoms with Gasteiger partial charge in [0, 0.05) is 63.9 Å². The summed E-state index contributed by atoms with van der Waals surface area (Å²) in [5, 5.41) is 88.6. The number of rotatable bonds is 46. The first kappa shape index (κ1) is 69.0. The lowest BCUT2D eigenvalue weighted by molar-refractivity contribution is -0.0115. The first-order chi connectivity index (χ1) is 37.4. The molecule has 0 amide bonds. The van der Waals surface area contributed by atoms with Gasteiger partial charge in [0.2, 0.25) is 0 Å². The molecule has 0 saturated heterocycles. The van der Waals surface area contributed by atoms with Gasteiger partial charge in [-0.25, -0.2) is 0 Å². The van der Waals surface area contributed by atoms with Crippen LogP contribution in [0.2, 0.25) is 0 Å². The number of anilines is 3. The summed E-state index contributed by atoms with van der Waals surface area (Å²) in [5.74, 6) is 0.0419. The third-order valence-corrected chi connectivity index (χ3v) is 11.5. The zero-order valence-electron chi connectivity index (χ0n) is 46.1. The lowest BCUT2D eigenvalue weighted by atomic mass is 9.70. The van der Waals surface area contributed by atoms with E-state index >= 15 is 0 Å². The molecule has 438 valence electrons. The van der Waals surface area contributed by atoms with E-state index in [4.69, 9.17) is 63.1 Å². The van der Waals surface area contributed by atoms with E-state index in [9.17, 15) is 25.7 Å². The minimum Gasteiger partial charge on any atom is -0.394 e. The molecule has 3 aromatic carbocycles. The van der Waals surface area contributed by atoms with Gasteiger partial charge in [0.25, 0.3) is 0 Å². The number of hydrogen-bond donors (Lipinski definition) is 8. The van der Waals surface area contributed by atoms with Gasteiger partial charge in [-0.05, 0) is 65.4 Å². The SMILES string of the molecule is CC(COCCOCCOCCO)CN(CC(O)COCCOCCO)c1ccc(C(C#N)(c2ccc(N(C)C)cc2)c2ccc(N(CC(O)CO)CC(O)COCCOCCOCCO)cc2)cc1.CCCOCCO. The topological polar surface area (TPSA) is 278 Å². The predicted octanol–water partition coefficient (Wildman–Crippen LogP) is 1.45. The van der Waals surface area contributed by atoms with E-state index in [1.54, 1.807) is 4.90 Å². The standard InChI is InChI=1S/C51H80N4O15.C5H12O2/c1-41(37-68-29-27-66-24-22-63-19-16-56)32-54(34-49(61)38-69-30-26-65-21-18-58)46-12-6-43(7-13-46)51(40-52,42-4-10-45(11-5-42)53(2)3)44-8-14-47(15-9-44)55(33-48(60)36-59)35-50(62)39-70-31-28-67-25-23-64-20-17-57;1-2-4-7-5-3-6/h4-15,41,48-50,56-62H,16-39H2,1-3H3;6H,2-5H2,1H3. The van der Waals surface area contributed by atoms with Crippen molar-refractivity contribution in [1.82, 2.24) is 0 Å². The zero-order valence-corrected chi connectivity index (χ0v) is 46.1. The monoisotopic (exact) mass is 1090 g/mol. The molecule has 3 rings (SSSR count). The van der Waals surface area contributed by atoms with E-state index in [1.807, 2.05) is 98.7 Å². The fourth-order valence-electron chi connectivity index (χ4n) is 7.80. The Morgan fingerprint density at radius 2 is 0.740 bits per heavy atom. The molecule has 0 aliphatic heterocycles. The zero-order chi connectivity index (χ0) is 56.4. The van der Waals surface area contributed by atoms with Gasteiger partial charge in [0.15, 0.2) is 0 Å². The van der Waals surface area contributed by atoms with E-state index in [2.05, 4.69) is 17.9 Å². The Hall–Kier alpha value is -4.13. The third-order valence-electron chi connectivity index (χ3n) is 11.5. The van der Waals surface area contributed by atoms with Crippen molar-refractivity contribution in [2.75, 3.05) is 207 Å². The number of aliphatic hydroxyl groups is 8. The van der Waals surface area contributed by atoms with Crippen LogP contribution < -0.4 is 14.7 Å². The van der Waals surface area contributed by atoms with Crippen molar-refractivity contribution in [2.24, 2.45) is 5.92 Å². The second-order valence-electron chi connectivity index (χ2n) is 18.2. The van der Waals surface area contributed by atoms with E-state index in [0.717, 1.165) is 30.0 Å². The minimum absolute atomic E-state index is 0.00275. The maximum Gasteiger partial charge on any atom is 0.132 e. The number of hydrogen-bond acceptors (Lipinski definition) is 21. The van der Waals surface area contributed by atoms with Gasteiger partial charge in [-0.3, -0.25) is 0 Å². The maximum atomic E-state index is 11.4. The largest absolute Gasteiger partial charge is 0.394 e. The molecule has 3 aromatic rings. The Bertz CT molecular complexity index is 1880. The van der Waals surface area contributed by atoms with Gasteiger partial charge in [0.1, 0.15) is 5.41 Å². The average Bonchev–Trinajstić information content (AvgIpc) is 3.46. The molecule has 0 aliphatic carbocycles. The van der Waals surface area contributed by atoms with Crippen LogP contribution in [0.5, 0.6) is 0 Å². The van der Waals surface area contributed by atoms with E-state index in [-0.39, 0.29) is 98.2 Å². The first-order valence-electron chi connectivity index (χ1n) is 26.6. The van der Waals surface area contributed by atoms with Gasteiger partial charge < -0.3 is 98.2 Å². The van der Waals surface area contributed by atoms with Crippen molar-refractivity contribution >= 4 is 17.1 Å². The molecule has 0 bridgehead atoms. The minimum atomic E-state index is -1.29. The van der Waals surface area contributed by atoms with Gasteiger partial charge >= 0.3 is 0 Å². The van der Waals surface area contributed by atoms with Crippen molar-refractivity contribution in [2.45, 2.75) is 44.0 Å². The molecule has 0 heterocycles. The van der Waals surface area contributed by atoms with Crippen LogP contribution in [-0.4, -0.2) is 251 Å². The molecule has 77 heavy (non-hydrogen) atoms. The Labute approximate surface area is 456 Å². The summed E-state index contributed by atoms with van der Waals surface area (Å²) in [4.78, 5) is 5.82. The van der Waals surface area contributed by atoms with Crippen LogP contribution >= 0.6 is 0 Å². The molecule has 0 aliphatic rings. The summed E-state index contributed by atoms with van der Waals surface area (Å²) in [6.45, 7) is 10.3. The van der Waals surface area contributed by atoms with Crippen LogP contribution in [0.3, 0.4) is 0 Å². The molecule has 0 radical (unpaired) electrons. The Morgan fingerprint density at radius 3 is 1.08 bits per heavy atom. The van der Waals surface area contributed by atoms with Gasteiger partial charge in [-0.1, -0.05) is 50.2 Å². The highest BCUT2D eigenvalue weighted by Gasteiger charge is 2.37.